The van der Waals surface area contributed by atoms with Gasteiger partial charge in [0.05, 0.1) is 33.3 Å². The highest BCUT2D eigenvalue weighted by molar-refractivity contribution is 7.25. The maximum atomic E-state index is 9.39. The second kappa shape index (κ2) is 13.1. The number of rotatable bonds is 5. The zero-order chi connectivity index (χ0) is 45.1. The molecule has 0 amide bonds. The summed E-state index contributed by atoms with van der Waals surface area (Å²) in [6.07, 6.45) is 0. The number of para-hydroxylation sites is 2. The fraction of sp³-hybridized carbons (Fsp3) is 0. The van der Waals surface area contributed by atoms with Crippen molar-refractivity contribution in [3.63, 3.8) is 0 Å². The Bertz CT molecular complexity index is 3980. The quantitative estimate of drug-likeness (QED) is 0.164. The van der Waals surface area contributed by atoms with Crippen molar-refractivity contribution in [2.45, 2.75) is 0 Å². The predicted molar refractivity (Wildman–Crippen MR) is 244 cm³/mol. The predicted octanol–water partition coefficient (Wildman–Crippen LogP) is 14.3. The maximum Gasteiger partial charge on any atom is 0.166 e. The van der Waals surface area contributed by atoms with Crippen molar-refractivity contribution in [1.82, 2.24) is 19.5 Å². The average molecular weight is 765 g/mol. The topological polar surface area (TPSA) is 43.6 Å². The minimum atomic E-state index is -0.512. The molecule has 12 rings (SSSR count). The molecule has 0 unspecified atom stereocenters. The molecule has 0 saturated carbocycles. The lowest BCUT2D eigenvalue weighted by Crippen LogP contribution is -2.05. The number of fused-ring (bicyclic) bond motifs is 9. The maximum absolute atomic E-state index is 9.39. The summed E-state index contributed by atoms with van der Waals surface area (Å²) in [6, 6.07) is 44.6. The molecular formula is C53H32N4S. The number of hydrogen-bond acceptors (Lipinski definition) is 4. The van der Waals surface area contributed by atoms with Crippen LogP contribution in [0.3, 0.4) is 0 Å². The normalized spacial score (nSPS) is 13.7. The van der Waals surface area contributed by atoms with Crippen molar-refractivity contribution in [3.05, 3.63) is 194 Å². The van der Waals surface area contributed by atoms with Crippen LogP contribution in [0.2, 0.25) is 0 Å². The standard InChI is InChI=1S/C53H32N4S/c1-2-14-35(15-3-1)51-54-52(37-29-30-43-42-19-8-11-24-48(42)58-49(43)32-37)56-53(55-51)50-39(36-28-27-34-26-25-33-13-4-5-16-38(33)44(34)31-36)20-12-23-47(50)57-45-21-9-6-17-40(45)41-18-7-10-22-46(41)57/h1-32H/i6D,7D,9D,10D,17D,18D,21D,22D. The van der Waals surface area contributed by atoms with E-state index < -0.39 is 48.3 Å². The third-order valence-electron chi connectivity index (χ3n) is 10.9. The molecule has 270 valence electrons. The van der Waals surface area contributed by atoms with Gasteiger partial charge in [-0.05, 0) is 69.0 Å². The lowest BCUT2D eigenvalue weighted by Gasteiger charge is -2.19. The van der Waals surface area contributed by atoms with Crippen LogP contribution in [0.15, 0.2) is 194 Å². The average Bonchev–Trinajstić information content (AvgIpc) is 3.92. The molecule has 0 radical (unpaired) electrons. The van der Waals surface area contributed by atoms with Gasteiger partial charge in [0, 0.05) is 42.1 Å². The fourth-order valence-corrected chi connectivity index (χ4v) is 9.38. The molecule has 0 spiro atoms. The molecule has 12 aromatic rings. The largest absolute Gasteiger partial charge is 0.308 e. The van der Waals surface area contributed by atoms with Gasteiger partial charge in [0.2, 0.25) is 0 Å². The van der Waals surface area contributed by atoms with Crippen molar-refractivity contribution in [2.24, 2.45) is 0 Å². The summed E-state index contributed by atoms with van der Waals surface area (Å²) in [5.74, 6) is 1.04. The van der Waals surface area contributed by atoms with Crippen LogP contribution in [0.1, 0.15) is 11.0 Å². The van der Waals surface area contributed by atoms with E-state index in [1.807, 2.05) is 78.9 Å². The van der Waals surface area contributed by atoms with Crippen LogP contribution < -0.4 is 0 Å². The van der Waals surface area contributed by atoms with Gasteiger partial charge in [-0.25, -0.2) is 15.0 Å². The van der Waals surface area contributed by atoms with Crippen molar-refractivity contribution in [2.75, 3.05) is 0 Å². The first-order valence-electron chi connectivity index (χ1n) is 22.9. The summed E-state index contributed by atoms with van der Waals surface area (Å²) in [5.41, 5.74) is 3.77. The zero-order valence-corrected chi connectivity index (χ0v) is 31.4. The molecule has 58 heavy (non-hydrogen) atoms. The molecule has 3 heterocycles. The van der Waals surface area contributed by atoms with Crippen LogP contribution in [0.5, 0.6) is 0 Å². The van der Waals surface area contributed by atoms with Crippen LogP contribution in [0.4, 0.5) is 0 Å². The minimum absolute atomic E-state index is 0.00122. The first kappa shape index (κ1) is 25.6. The van der Waals surface area contributed by atoms with Crippen molar-refractivity contribution < 1.29 is 11.0 Å². The van der Waals surface area contributed by atoms with E-state index in [0.29, 0.717) is 28.5 Å². The number of benzene rings is 9. The van der Waals surface area contributed by atoms with Gasteiger partial charge in [0.15, 0.2) is 17.5 Å². The zero-order valence-electron chi connectivity index (χ0n) is 38.6. The molecule has 3 aromatic heterocycles. The van der Waals surface area contributed by atoms with Crippen LogP contribution in [-0.2, 0) is 0 Å². The van der Waals surface area contributed by atoms with Crippen molar-refractivity contribution in [3.8, 4) is 51.0 Å². The van der Waals surface area contributed by atoms with E-state index in [9.17, 15) is 2.74 Å². The Hall–Kier alpha value is -7.47. The third-order valence-corrected chi connectivity index (χ3v) is 12.0. The van der Waals surface area contributed by atoms with Gasteiger partial charge in [0.25, 0.3) is 0 Å². The summed E-state index contributed by atoms with van der Waals surface area (Å²) in [5, 5.41) is 6.44. The Kier molecular flexibility index (Phi) is 5.77. The molecule has 0 aliphatic rings. The summed E-state index contributed by atoms with van der Waals surface area (Å²) in [6.45, 7) is 0. The van der Waals surface area contributed by atoms with E-state index in [-0.39, 0.29) is 27.6 Å². The Morgan fingerprint density at radius 1 is 0.414 bits per heavy atom. The molecule has 5 heteroatoms. The minimum Gasteiger partial charge on any atom is -0.308 e. The Balaban J connectivity index is 1.24. The number of aromatic nitrogens is 4. The first-order valence-corrected chi connectivity index (χ1v) is 19.7. The molecule has 4 nitrogen and oxygen atoms in total. The van der Waals surface area contributed by atoms with Gasteiger partial charge in [-0.1, -0.05) is 158 Å². The van der Waals surface area contributed by atoms with Crippen molar-refractivity contribution in [1.29, 1.82) is 0 Å². The van der Waals surface area contributed by atoms with Crippen LogP contribution >= 0.6 is 11.3 Å². The summed E-state index contributed by atoms with van der Waals surface area (Å²) >= 11 is 1.69. The molecule has 0 aliphatic carbocycles. The van der Waals surface area contributed by atoms with E-state index in [2.05, 4.69) is 60.7 Å². The lowest BCUT2D eigenvalue weighted by atomic mass is 9.93. The van der Waals surface area contributed by atoms with Gasteiger partial charge in [0.1, 0.15) is 0 Å². The summed E-state index contributed by atoms with van der Waals surface area (Å²) < 4.78 is 76.0. The van der Waals surface area contributed by atoms with E-state index >= 15 is 0 Å². The van der Waals surface area contributed by atoms with Gasteiger partial charge < -0.3 is 4.57 Å². The van der Waals surface area contributed by atoms with Crippen molar-refractivity contribution >= 4 is 74.9 Å². The van der Waals surface area contributed by atoms with Gasteiger partial charge in [-0.3, -0.25) is 0 Å². The Labute approximate surface area is 349 Å². The van der Waals surface area contributed by atoms with E-state index in [1.165, 1.54) is 0 Å². The number of thiophene rings is 1. The second-order valence-corrected chi connectivity index (χ2v) is 15.3. The molecule has 0 saturated heterocycles. The fourth-order valence-electron chi connectivity index (χ4n) is 8.23. The first-order chi connectivity index (χ1) is 32.1. The molecule has 0 bridgehead atoms. The monoisotopic (exact) mass is 764 g/mol. The summed E-state index contributed by atoms with van der Waals surface area (Å²) in [7, 11) is 0. The highest BCUT2D eigenvalue weighted by Gasteiger charge is 2.23. The van der Waals surface area contributed by atoms with Gasteiger partial charge in [-0.15, -0.1) is 11.3 Å². The van der Waals surface area contributed by atoms with Crippen LogP contribution in [0.25, 0.3) is 115 Å². The SMILES string of the molecule is [2H]c1c([2H])c([2H])c2c(c1[2H])c1c([2H])c([2H])c([2H])c([2H])c1n2-c1cccc(-c2ccc3ccc4ccccc4c3c2)c1-c1nc(-c2ccccc2)nc(-c2ccc3c(c2)sc2ccccc23)n1. The smallest absolute Gasteiger partial charge is 0.166 e. The molecular weight excluding hydrogens is 725 g/mol. The highest BCUT2D eigenvalue weighted by Crippen LogP contribution is 2.43. The van der Waals surface area contributed by atoms with Gasteiger partial charge >= 0.3 is 0 Å². The van der Waals surface area contributed by atoms with Gasteiger partial charge in [-0.2, -0.15) is 0 Å². The third kappa shape index (κ3) is 5.18. The summed E-state index contributed by atoms with van der Waals surface area (Å²) in [4.78, 5) is 15.6. The molecule has 0 atom stereocenters. The Morgan fingerprint density at radius 3 is 1.84 bits per heavy atom. The Morgan fingerprint density at radius 2 is 1.03 bits per heavy atom. The van der Waals surface area contributed by atoms with E-state index in [0.717, 1.165) is 58.4 Å². The number of hydrogen-bond donors (Lipinski definition) is 0. The number of nitrogens with zero attached hydrogens (tertiary/aromatic N) is 4. The van der Waals surface area contributed by atoms with Crippen LogP contribution in [0, 0.1) is 0 Å². The molecule has 0 aliphatic heterocycles. The highest BCUT2D eigenvalue weighted by atomic mass is 32.1. The molecule has 0 N–H and O–H groups in total. The van der Waals surface area contributed by atoms with E-state index in [1.54, 1.807) is 22.0 Å². The molecule has 9 aromatic carbocycles. The van der Waals surface area contributed by atoms with Crippen LogP contribution in [-0.4, -0.2) is 19.5 Å². The molecule has 0 fully saturated rings. The lowest BCUT2D eigenvalue weighted by molar-refractivity contribution is 1.07. The second-order valence-electron chi connectivity index (χ2n) is 14.2. The van der Waals surface area contributed by atoms with E-state index in [4.69, 9.17) is 23.2 Å².